The fraction of sp³-hybridized carbons (Fsp3) is 0.308. The molecule has 2 N–H and O–H groups in total. The molecule has 2 aromatic rings. The molecule has 1 aromatic carbocycles. The molecule has 1 aliphatic carbocycles. The van der Waals surface area contributed by atoms with Crippen molar-refractivity contribution in [2.45, 2.75) is 12.8 Å². The van der Waals surface area contributed by atoms with Crippen LogP contribution in [0, 0.1) is 5.92 Å². The fourth-order valence-corrected chi connectivity index (χ4v) is 2.21. The number of para-hydroxylation sites is 1. The second-order valence-electron chi connectivity index (χ2n) is 4.51. The lowest BCUT2D eigenvalue weighted by Gasteiger charge is -2.02. The van der Waals surface area contributed by atoms with Crippen molar-refractivity contribution in [1.29, 1.82) is 0 Å². The van der Waals surface area contributed by atoms with Crippen LogP contribution in [-0.2, 0) is 0 Å². The molecule has 0 bridgehead atoms. The predicted molar refractivity (Wildman–Crippen MR) is 68.4 cm³/mol. The van der Waals surface area contributed by atoms with Crippen molar-refractivity contribution in [2.24, 2.45) is 5.92 Å². The van der Waals surface area contributed by atoms with Gasteiger partial charge in [-0.15, -0.1) is 0 Å². The van der Waals surface area contributed by atoms with Gasteiger partial charge in [0.15, 0.2) is 0 Å². The van der Waals surface area contributed by atoms with Gasteiger partial charge in [-0.25, -0.2) is 0 Å². The molecular formula is C13H13ClN2O. The van der Waals surface area contributed by atoms with Gasteiger partial charge in [-0.1, -0.05) is 29.8 Å². The second kappa shape index (κ2) is 4.08. The molecule has 3 nitrogen and oxygen atoms in total. The first-order valence-electron chi connectivity index (χ1n) is 5.80. The Morgan fingerprint density at radius 1 is 1.41 bits per heavy atom. The SMILES string of the molecule is O=C(NCC1CC1)c1[nH]c2ccccc2c1Cl. The summed E-state index contributed by atoms with van der Waals surface area (Å²) >= 11 is 6.19. The van der Waals surface area contributed by atoms with Crippen LogP contribution in [0.4, 0.5) is 0 Å². The average Bonchev–Trinajstić information content (AvgIpc) is 3.11. The molecule has 1 amide bonds. The van der Waals surface area contributed by atoms with Crippen molar-refractivity contribution >= 4 is 28.4 Å². The number of carbonyl (C=O) groups excluding carboxylic acids is 1. The molecule has 1 saturated carbocycles. The fourth-order valence-electron chi connectivity index (χ4n) is 1.91. The molecule has 0 aliphatic heterocycles. The molecule has 1 aromatic heterocycles. The highest BCUT2D eigenvalue weighted by Gasteiger charge is 2.23. The summed E-state index contributed by atoms with van der Waals surface area (Å²) in [6.07, 6.45) is 2.45. The van der Waals surface area contributed by atoms with Gasteiger partial charge in [0.25, 0.3) is 5.91 Å². The maximum absolute atomic E-state index is 11.9. The third-order valence-electron chi connectivity index (χ3n) is 3.12. The van der Waals surface area contributed by atoms with Gasteiger partial charge in [0.1, 0.15) is 5.69 Å². The standard InChI is InChI=1S/C13H13ClN2O/c14-11-9-3-1-2-4-10(9)16-12(11)13(17)15-7-8-5-6-8/h1-4,8,16H,5-7H2,(H,15,17). The number of hydrogen-bond donors (Lipinski definition) is 2. The molecule has 88 valence electrons. The molecule has 1 aliphatic rings. The molecule has 0 atom stereocenters. The van der Waals surface area contributed by atoms with Crippen molar-refractivity contribution in [3.8, 4) is 0 Å². The normalized spacial score (nSPS) is 15.1. The highest BCUT2D eigenvalue weighted by Crippen LogP contribution is 2.29. The summed E-state index contributed by atoms with van der Waals surface area (Å²) in [5, 5.41) is 4.31. The van der Waals surface area contributed by atoms with Gasteiger partial charge in [-0.05, 0) is 24.8 Å². The predicted octanol–water partition coefficient (Wildman–Crippen LogP) is 2.96. The van der Waals surface area contributed by atoms with Crippen LogP contribution in [0.3, 0.4) is 0 Å². The largest absolute Gasteiger partial charge is 0.350 e. The summed E-state index contributed by atoms with van der Waals surface area (Å²) in [5.41, 5.74) is 1.36. The summed E-state index contributed by atoms with van der Waals surface area (Å²) in [7, 11) is 0. The number of aromatic amines is 1. The Morgan fingerprint density at radius 2 is 2.18 bits per heavy atom. The Bertz CT molecular complexity index is 572. The molecule has 0 radical (unpaired) electrons. The first kappa shape index (κ1) is 10.7. The summed E-state index contributed by atoms with van der Waals surface area (Å²) < 4.78 is 0. The van der Waals surface area contributed by atoms with Crippen LogP contribution < -0.4 is 5.32 Å². The Hall–Kier alpha value is -1.48. The number of hydrogen-bond acceptors (Lipinski definition) is 1. The quantitative estimate of drug-likeness (QED) is 0.862. The highest BCUT2D eigenvalue weighted by atomic mass is 35.5. The number of amides is 1. The van der Waals surface area contributed by atoms with E-state index in [-0.39, 0.29) is 5.91 Å². The van der Waals surface area contributed by atoms with Gasteiger partial charge in [-0.2, -0.15) is 0 Å². The van der Waals surface area contributed by atoms with Crippen LogP contribution in [-0.4, -0.2) is 17.4 Å². The molecule has 17 heavy (non-hydrogen) atoms. The summed E-state index contributed by atoms with van der Waals surface area (Å²) in [5.74, 6) is 0.556. The number of nitrogens with one attached hydrogen (secondary N) is 2. The number of H-pyrrole nitrogens is 1. The number of rotatable bonds is 3. The van der Waals surface area contributed by atoms with Crippen LogP contribution in [0.15, 0.2) is 24.3 Å². The highest BCUT2D eigenvalue weighted by molar-refractivity contribution is 6.38. The van der Waals surface area contributed by atoms with Crippen molar-refractivity contribution < 1.29 is 4.79 Å². The minimum absolute atomic E-state index is 0.113. The molecule has 0 saturated heterocycles. The Labute approximate surface area is 104 Å². The smallest absolute Gasteiger partial charge is 0.269 e. The first-order valence-corrected chi connectivity index (χ1v) is 6.18. The number of halogens is 1. The number of carbonyl (C=O) groups is 1. The molecule has 3 rings (SSSR count). The maximum Gasteiger partial charge on any atom is 0.269 e. The average molecular weight is 249 g/mol. The van der Waals surface area contributed by atoms with E-state index in [1.165, 1.54) is 12.8 Å². The van der Waals surface area contributed by atoms with Crippen molar-refractivity contribution in [1.82, 2.24) is 10.3 Å². The topological polar surface area (TPSA) is 44.9 Å². The maximum atomic E-state index is 11.9. The van der Waals surface area contributed by atoms with E-state index in [1.807, 2.05) is 24.3 Å². The molecular weight excluding hydrogens is 236 g/mol. The minimum atomic E-state index is -0.113. The molecule has 0 spiro atoms. The molecule has 4 heteroatoms. The molecule has 1 fully saturated rings. The van der Waals surface area contributed by atoms with E-state index in [0.717, 1.165) is 17.4 Å². The monoisotopic (exact) mass is 248 g/mol. The summed E-state index contributed by atoms with van der Waals surface area (Å²) in [6.45, 7) is 0.754. The van der Waals surface area contributed by atoms with Crippen molar-refractivity contribution in [3.05, 3.63) is 35.0 Å². The lowest BCUT2D eigenvalue weighted by Crippen LogP contribution is -2.26. The van der Waals surface area contributed by atoms with Gasteiger partial charge in [0.05, 0.1) is 5.02 Å². The summed E-state index contributed by atoms with van der Waals surface area (Å²) in [4.78, 5) is 15.0. The lowest BCUT2D eigenvalue weighted by atomic mass is 10.2. The zero-order chi connectivity index (χ0) is 11.8. The zero-order valence-electron chi connectivity index (χ0n) is 9.29. The van der Waals surface area contributed by atoms with Crippen LogP contribution >= 0.6 is 11.6 Å². The van der Waals surface area contributed by atoms with E-state index in [0.29, 0.717) is 16.6 Å². The van der Waals surface area contributed by atoms with Gasteiger partial charge in [-0.3, -0.25) is 4.79 Å². The molecule has 0 unspecified atom stereocenters. The van der Waals surface area contributed by atoms with Gasteiger partial charge in [0.2, 0.25) is 0 Å². The van der Waals surface area contributed by atoms with Gasteiger partial charge >= 0.3 is 0 Å². The van der Waals surface area contributed by atoms with Crippen LogP contribution in [0.2, 0.25) is 5.02 Å². The minimum Gasteiger partial charge on any atom is -0.350 e. The van der Waals surface area contributed by atoms with Crippen LogP contribution in [0.5, 0.6) is 0 Å². The number of aromatic nitrogens is 1. The van der Waals surface area contributed by atoms with Crippen molar-refractivity contribution in [3.63, 3.8) is 0 Å². The van der Waals surface area contributed by atoms with E-state index in [4.69, 9.17) is 11.6 Å². The lowest BCUT2D eigenvalue weighted by molar-refractivity contribution is 0.0948. The van der Waals surface area contributed by atoms with Gasteiger partial charge < -0.3 is 10.3 Å². The van der Waals surface area contributed by atoms with Crippen molar-refractivity contribution in [2.75, 3.05) is 6.54 Å². The van der Waals surface area contributed by atoms with E-state index < -0.39 is 0 Å². The zero-order valence-corrected chi connectivity index (χ0v) is 10.1. The molecule has 1 heterocycles. The Kier molecular flexibility index (Phi) is 2.56. The van der Waals surface area contributed by atoms with E-state index in [1.54, 1.807) is 0 Å². The Balaban J connectivity index is 1.87. The van der Waals surface area contributed by atoms with E-state index in [9.17, 15) is 4.79 Å². The second-order valence-corrected chi connectivity index (χ2v) is 4.89. The van der Waals surface area contributed by atoms with E-state index in [2.05, 4.69) is 10.3 Å². The van der Waals surface area contributed by atoms with Crippen LogP contribution in [0.25, 0.3) is 10.9 Å². The van der Waals surface area contributed by atoms with E-state index >= 15 is 0 Å². The number of benzene rings is 1. The number of fused-ring (bicyclic) bond motifs is 1. The Morgan fingerprint density at radius 3 is 2.88 bits per heavy atom. The van der Waals surface area contributed by atoms with Crippen LogP contribution in [0.1, 0.15) is 23.3 Å². The summed E-state index contributed by atoms with van der Waals surface area (Å²) in [6, 6.07) is 7.65. The third-order valence-corrected chi connectivity index (χ3v) is 3.51. The first-order chi connectivity index (χ1) is 8.25. The third kappa shape index (κ3) is 2.03. The van der Waals surface area contributed by atoms with Gasteiger partial charge in [0, 0.05) is 17.4 Å².